The molecule has 0 N–H and O–H groups in total. The van der Waals surface area contributed by atoms with E-state index < -0.39 is 0 Å². The molecule has 0 spiro atoms. The number of hydrogen-bond acceptors (Lipinski definition) is 3. The van der Waals surface area contributed by atoms with Crippen LogP contribution in [0, 0.1) is 5.92 Å². The van der Waals surface area contributed by atoms with Crippen LogP contribution in [0.1, 0.15) is 25.5 Å². The molecule has 1 atom stereocenters. The van der Waals surface area contributed by atoms with E-state index in [0.29, 0.717) is 10.9 Å². The number of likely N-dealkylation sites (tertiary alicyclic amines) is 1. The number of nitrogens with zero attached hydrogens (tertiary/aromatic N) is 3. The molecule has 1 fully saturated rings. The van der Waals surface area contributed by atoms with Gasteiger partial charge in [0, 0.05) is 38.0 Å². The number of carbonyl (C=O) groups excluding carboxylic acids is 1. The Hall–Kier alpha value is -1.94. The molecule has 5 heteroatoms. The average molecular weight is 330 g/mol. The van der Waals surface area contributed by atoms with Crippen LogP contribution in [0.2, 0.25) is 5.02 Å². The second-order valence-corrected chi connectivity index (χ2v) is 6.42. The molecule has 1 aliphatic rings. The van der Waals surface area contributed by atoms with Gasteiger partial charge in [-0.2, -0.15) is 0 Å². The minimum atomic E-state index is 0.153. The van der Waals surface area contributed by atoms with E-state index in [1.165, 1.54) is 0 Å². The standard InChI is InChI=1S/C18H20ClN3O/c1-13(23)22-10-4-5-14(12-22)11-17-18(21-9-8-20-17)15-6-2-3-7-16(15)19/h2-3,6-9,14H,4-5,10-12H2,1H3/t14-/m1/s1. The Morgan fingerprint density at radius 1 is 1.30 bits per heavy atom. The van der Waals surface area contributed by atoms with Gasteiger partial charge in [-0.3, -0.25) is 14.8 Å². The van der Waals surface area contributed by atoms with Gasteiger partial charge >= 0.3 is 0 Å². The van der Waals surface area contributed by atoms with E-state index in [9.17, 15) is 4.79 Å². The number of aromatic nitrogens is 2. The summed E-state index contributed by atoms with van der Waals surface area (Å²) in [4.78, 5) is 22.6. The highest BCUT2D eigenvalue weighted by molar-refractivity contribution is 6.33. The number of benzene rings is 1. The number of piperidine rings is 1. The molecule has 1 aromatic heterocycles. The summed E-state index contributed by atoms with van der Waals surface area (Å²) in [5.74, 6) is 0.575. The van der Waals surface area contributed by atoms with Crippen molar-refractivity contribution >= 4 is 17.5 Å². The largest absolute Gasteiger partial charge is 0.343 e. The van der Waals surface area contributed by atoms with Crippen molar-refractivity contribution in [3.8, 4) is 11.3 Å². The molecule has 2 aromatic rings. The zero-order chi connectivity index (χ0) is 16.2. The van der Waals surface area contributed by atoms with Crippen molar-refractivity contribution < 1.29 is 4.79 Å². The lowest BCUT2D eigenvalue weighted by Crippen LogP contribution is -2.39. The first-order valence-corrected chi connectivity index (χ1v) is 8.33. The van der Waals surface area contributed by atoms with Gasteiger partial charge in [-0.25, -0.2) is 0 Å². The molecule has 0 radical (unpaired) electrons. The van der Waals surface area contributed by atoms with Gasteiger partial charge < -0.3 is 4.90 Å². The third-order valence-corrected chi connectivity index (χ3v) is 4.68. The number of carbonyl (C=O) groups is 1. The molecule has 120 valence electrons. The number of hydrogen-bond donors (Lipinski definition) is 0. The quantitative estimate of drug-likeness (QED) is 0.864. The normalized spacial score (nSPS) is 18.0. The summed E-state index contributed by atoms with van der Waals surface area (Å²) in [5.41, 5.74) is 2.71. The summed E-state index contributed by atoms with van der Waals surface area (Å²) in [6.45, 7) is 3.30. The van der Waals surface area contributed by atoms with Crippen molar-refractivity contribution in [1.29, 1.82) is 0 Å². The van der Waals surface area contributed by atoms with Crippen molar-refractivity contribution in [3.63, 3.8) is 0 Å². The summed E-state index contributed by atoms with van der Waals surface area (Å²) in [5, 5.41) is 0.684. The van der Waals surface area contributed by atoms with Crippen LogP contribution in [0.4, 0.5) is 0 Å². The highest BCUT2D eigenvalue weighted by Gasteiger charge is 2.23. The van der Waals surface area contributed by atoms with E-state index in [0.717, 1.165) is 49.3 Å². The van der Waals surface area contributed by atoms with Gasteiger partial charge in [0.05, 0.1) is 16.4 Å². The Morgan fingerprint density at radius 3 is 2.87 bits per heavy atom. The maximum absolute atomic E-state index is 11.6. The number of amides is 1. The molecule has 23 heavy (non-hydrogen) atoms. The Balaban J connectivity index is 1.84. The molecule has 0 unspecified atom stereocenters. The Kier molecular flexibility index (Phi) is 4.91. The van der Waals surface area contributed by atoms with Crippen LogP contribution in [0.15, 0.2) is 36.7 Å². The van der Waals surface area contributed by atoms with Crippen molar-refractivity contribution in [3.05, 3.63) is 47.4 Å². The van der Waals surface area contributed by atoms with Gasteiger partial charge in [0.1, 0.15) is 0 Å². The van der Waals surface area contributed by atoms with E-state index in [2.05, 4.69) is 9.97 Å². The highest BCUT2D eigenvalue weighted by atomic mass is 35.5. The van der Waals surface area contributed by atoms with Gasteiger partial charge in [0.25, 0.3) is 0 Å². The fraction of sp³-hybridized carbons (Fsp3) is 0.389. The van der Waals surface area contributed by atoms with Gasteiger partial charge in [-0.05, 0) is 31.2 Å². The third-order valence-electron chi connectivity index (χ3n) is 4.35. The fourth-order valence-corrected chi connectivity index (χ4v) is 3.41. The van der Waals surface area contributed by atoms with Crippen LogP contribution in [0.25, 0.3) is 11.3 Å². The van der Waals surface area contributed by atoms with Crippen LogP contribution in [-0.2, 0) is 11.2 Å². The van der Waals surface area contributed by atoms with Crippen LogP contribution >= 0.6 is 11.6 Å². The molecule has 1 aromatic carbocycles. The monoisotopic (exact) mass is 329 g/mol. The molecule has 0 aliphatic carbocycles. The lowest BCUT2D eigenvalue weighted by molar-refractivity contribution is -0.130. The van der Waals surface area contributed by atoms with Crippen molar-refractivity contribution in [1.82, 2.24) is 14.9 Å². The summed E-state index contributed by atoms with van der Waals surface area (Å²) in [6.07, 6.45) is 6.40. The van der Waals surface area contributed by atoms with Gasteiger partial charge in [-0.15, -0.1) is 0 Å². The molecule has 1 aliphatic heterocycles. The van der Waals surface area contributed by atoms with Crippen molar-refractivity contribution in [2.24, 2.45) is 5.92 Å². The smallest absolute Gasteiger partial charge is 0.219 e. The molecule has 4 nitrogen and oxygen atoms in total. The summed E-state index contributed by atoms with van der Waals surface area (Å²) >= 11 is 6.32. The zero-order valence-corrected chi connectivity index (χ0v) is 14.0. The van der Waals surface area contributed by atoms with Crippen molar-refractivity contribution in [2.75, 3.05) is 13.1 Å². The molecule has 3 rings (SSSR count). The zero-order valence-electron chi connectivity index (χ0n) is 13.2. The average Bonchev–Trinajstić information content (AvgIpc) is 2.56. The Labute approximate surface area is 141 Å². The Morgan fingerprint density at radius 2 is 2.09 bits per heavy atom. The van der Waals surface area contributed by atoms with Gasteiger partial charge in [0.15, 0.2) is 0 Å². The summed E-state index contributed by atoms with van der Waals surface area (Å²) in [7, 11) is 0. The molecule has 1 amide bonds. The minimum absolute atomic E-state index is 0.153. The fourth-order valence-electron chi connectivity index (χ4n) is 3.19. The molecule has 0 saturated carbocycles. The minimum Gasteiger partial charge on any atom is -0.343 e. The van der Waals surface area contributed by atoms with E-state index in [1.807, 2.05) is 29.2 Å². The van der Waals surface area contributed by atoms with E-state index in [1.54, 1.807) is 19.3 Å². The molecule has 0 bridgehead atoms. The first kappa shape index (κ1) is 15.9. The molecular weight excluding hydrogens is 310 g/mol. The van der Waals surface area contributed by atoms with Crippen LogP contribution in [0.3, 0.4) is 0 Å². The predicted molar refractivity (Wildman–Crippen MR) is 91.2 cm³/mol. The maximum atomic E-state index is 11.6. The van der Waals surface area contributed by atoms with E-state index in [4.69, 9.17) is 11.6 Å². The number of rotatable bonds is 3. The van der Waals surface area contributed by atoms with E-state index >= 15 is 0 Å². The molecule has 1 saturated heterocycles. The second-order valence-electron chi connectivity index (χ2n) is 6.01. The van der Waals surface area contributed by atoms with Crippen LogP contribution in [0.5, 0.6) is 0 Å². The summed E-state index contributed by atoms with van der Waals surface area (Å²) < 4.78 is 0. The maximum Gasteiger partial charge on any atom is 0.219 e. The third kappa shape index (κ3) is 3.70. The number of halogens is 1. The first-order chi connectivity index (χ1) is 11.1. The topological polar surface area (TPSA) is 46.1 Å². The van der Waals surface area contributed by atoms with Crippen molar-refractivity contribution in [2.45, 2.75) is 26.2 Å². The molecule has 2 heterocycles. The predicted octanol–water partition coefficient (Wildman–Crippen LogP) is 3.60. The Bertz CT molecular complexity index is 704. The van der Waals surface area contributed by atoms with E-state index in [-0.39, 0.29) is 5.91 Å². The van der Waals surface area contributed by atoms with Gasteiger partial charge in [0.2, 0.25) is 5.91 Å². The lowest BCUT2D eigenvalue weighted by atomic mass is 9.91. The first-order valence-electron chi connectivity index (χ1n) is 7.95. The highest BCUT2D eigenvalue weighted by Crippen LogP contribution is 2.30. The van der Waals surface area contributed by atoms with Crippen LogP contribution < -0.4 is 0 Å². The summed E-state index contributed by atoms with van der Waals surface area (Å²) in [6, 6.07) is 7.71. The van der Waals surface area contributed by atoms with Gasteiger partial charge in [-0.1, -0.05) is 29.8 Å². The second kappa shape index (κ2) is 7.09. The molecular formula is C18H20ClN3O. The van der Waals surface area contributed by atoms with Crippen LogP contribution in [-0.4, -0.2) is 33.9 Å². The lowest BCUT2D eigenvalue weighted by Gasteiger charge is -2.32. The SMILES string of the molecule is CC(=O)N1CCC[C@H](Cc2nccnc2-c2ccccc2Cl)C1.